The van der Waals surface area contributed by atoms with Gasteiger partial charge >= 0.3 is 6.09 Å². The van der Waals surface area contributed by atoms with Crippen molar-refractivity contribution < 1.29 is 29.3 Å². The number of anilines is 1. The summed E-state index contributed by atoms with van der Waals surface area (Å²) in [6, 6.07) is 16.1. The van der Waals surface area contributed by atoms with Crippen LogP contribution in [0.1, 0.15) is 54.6 Å². The van der Waals surface area contributed by atoms with E-state index in [-0.39, 0.29) is 23.5 Å². The summed E-state index contributed by atoms with van der Waals surface area (Å²) < 4.78 is 5.39. The lowest BCUT2D eigenvalue weighted by atomic mass is 9.98. The van der Waals surface area contributed by atoms with E-state index in [0.717, 1.165) is 16.0 Å². The highest BCUT2D eigenvalue weighted by Gasteiger charge is 2.37. The van der Waals surface area contributed by atoms with Gasteiger partial charge in [-0.15, -0.1) is 0 Å². The van der Waals surface area contributed by atoms with Gasteiger partial charge in [-0.1, -0.05) is 55.0 Å². The van der Waals surface area contributed by atoms with Gasteiger partial charge in [0.25, 0.3) is 11.8 Å². The van der Waals surface area contributed by atoms with Crippen LogP contribution in [0, 0.1) is 33.2 Å². The summed E-state index contributed by atoms with van der Waals surface area (Å²) in [7, 11) is 0. The average Bonchev–Trinajstić information content (AvgIpc) is 2.90. The number of terminal acetylenes is 1. The molecule has 3 aromatic carbocycles. The molecule has 9 heteroatoms. The van der Waals surface area contributed by atoms with Crippen molar-refractivity contribution >= 4 is 23.6 Å². The Morgan fingerprint density at radius 2 is 1.50 bits per heavy atom. The standard InChI is InChI=1S/C33H37N3O6/c1-8-36(31(40)26(34-32(41)42-33(5,6)7)19-23-15-17-24(37)18-16-23)28(25-14-10-13-22(4)29(25)38)30(39)35-27-20(2)11-9-12-21(27)3/h1,9-18,26,28,37-38H,19H2,2-7H3,(H,34,41)(H,35,39). The van der Waals surface area contributed by atoms with Crippen LogP contribution in [0.4, 0.5) is 10.5 Å². The number of hydrogen-bond acceptors (Lipinski definition) is 6. The molecule has 3 amide bonds. The molecular weight excluding hydrogens is 534 g/mol. The number of aryl methyl sites for hydroxylation is 3. The minimum absolute atomic E-state index is 0.0262. The van der Waals surface area contributed by atoms with Crippen molar-refractivity contribution in [2.24, 2.45) is 0 Å². The number of ether oxygens (including phenoxy) is 1. The minimum atomic E-state index is -1.45. The average molecular weight is 572 g/mol. The molecular formula is C33H37N3O6. The molecule has 42 heavy (non-hydrogen) atoms. The number of benzene rings is 3. The number of para-hydroxylation sites is 2. The van der Waals surface area contributed by atoms with E-state index in [1.54, 1.807) is 52.0 Å². The smallest absolute Gasteiger partial charge is 0.408 e. The van der Waals surface area contributed by atoms with E-state index < -0.39 is 35.6 Å². The highest BCUT2D eigenvalue weighted by Crippen LogP contribution is 2.33. The molecule has 0 aliphatic rings. The van der Waals surface area contributed by atoms with Gasteiger partial charge < -0.3 is 25.6 Å². The Hall–Kier alpha value is -4.97. The Morgan fingerprint density at radius 3 is 2.07 bits per heavy atom. The number of aromatic hydroxyl groups is 2. The van der Waals surface area contributed by atoms with Gasteiger partial charge in [-0.2, -0.15) is 0 Å². The van der Waals surface area contributed by atoms with Crippen LogP contribution < -0.4 is 10.6 Å². The Morgan fingerprint density at radius 1 is 0.929 bits per heavy atom. The van der Waals surface area contributed by atoms with Gasteiger partial charge in [0.2, 0.25) is 0 Å². The summed E-state index contributed by atoms with van der Waals surface area (Å²) in [4.78, 5) is 41.8. The molecule has 0 radical (unpaired) electrons. The van der Waals surface area contributed by atoms with E-state index >= 15 is 0 Å². The normalized spacial score (nSPS) is 12.4. The molecule has 0 aromatic heterocycles. The van der Waals surface area contributed by atoms with Crippen LogP contribution in [0.3, 0.4) is 0 Å². The Kier molecular flexibility index (Phi) is 9.86. The number of carbonyl (C=O) groups excluding carboxylic acids is 3. The van der Waals surface area contributed by atoms with Crippen molar-refractivity contribution in [1.82, 2.24) is 10.2 Å². The maximum atomic E-state index is 14.2. The molecule has 0 bridgehead atoms. The Balaban J connectivity index is 2.09. The van der Waals surface area contributed by atoms with Gasteiger partial charge in [-0.05, 0) is 75.9 Å². The van der Waals surface area contributed by atoms with Crippen molar-refractivity contribution in [3.8, 4) is 24.0 Å². The van der Waals surface area contributed by atoms with Crippen molar-refractivity contribution in [2.45, 2.75) is 65.6 Å². The largest absolute Gasteiger partial charge is 0.508 e. The molecule has 2 unspecified atom stereocenters. The number of hydrogen-bond donors (Lipinski definition) is 4. The monoisotopic (exact) mass is 571 g/mol. The van der Waals surface area contributed by atoms with Crippen LogP contribution in [0.25, 0.3) is 0 Å². The lowest BCUT2D eigenvalue weighted by Crippen LogP contribution is -2.51. The van der Waals surface area contributed by atoms with E-state index in [1.165, 1.54) is 18.2 Å². The van der Waals surface area contributed by atoms with Crippen LogP contribution >= 0.6 is 0 Å². The van der Waals surface area contributed by atoms with Crippen LogP contribution in [-0.2, 0) is 20.7 Å². The van der Waals surface area contributed by atoms with Gasteiger partial charge in [-0.3, -0.25) is 14.5 Å². The fourth-order valence-corrected chi connectivity index (χ4v) is 4.45. The van der Waals surface area contributed by atoms with Gasteiger partial charge in [0.05, 0.1) is 0 Å². The lowest BCUT2D eigenvalue weighted by Gasteiger charge is -2.31. The van der Waals surface area contributed by atoms with Crippen LogP contribution in [0.5, 0.6) is 11.5 Å². The lowest BCUT2D eigenvalue weighted by molar-refractivity contribution is -0.136. The molecule has 3 aromatic rings. The van der Waals surface area contributed by atoms with E-state index in [2.05, 4.69) is 16.7 Å². The second-order valence-electron chi connectivity index (χ2n) is 11.1. The first kappa shape index (κ1) is 31.6. The SMILES string of the molecule is C#CN(C(=O)C(Cc1ccc(O)cc1)NC(=O)OC(C)(C)C)C(C(=O)Nc1c(C)cccc1C)c1cccc(C)c1O. The van der Waals surface area contributed by atoms with E-state index in [1.807, 2.05) is 32.0 Å². The summed E-state index contributed by atoms with van der Waals surface area (Å²) in [6.45, 7) is 10.4. The molecule has 0 heterocycles. The van der Waals surface area contributed by atoms with Gasteiger partial charge in [0.15, 0.2) is 6.04 Å². The molecule has 3 rings (SSSR count). The highest BCUT2D eigenvalue weighted by atomic mass is 16.6. The van der Waals surface area contributed by atoms with Crippen molar-refractivity contribution in [1.29, 1.82) is 0 Å². The summed E-state index contributed by atoms with van der Waals surface area (Å²) >= 11 is 0. The first-order valence-electron chi connectivity index (χ1n) is 13.4. The fourth-order valence-electron chi connectivity index (χ4n) is 4.45. The zero-order valence-corrected chi connectivity index (χ0v) is 24.7. The van der Waals surface area contributed by atoms with Gasteiger partial charge in [0.1, 0.15) is 23.1 Å². The Labute approximate surface area is 246 Å². The molecule has 0 saturated carbocycles. The number of nitrogens with one attached hydrogen (secondary N) is 2. The van der Waals surface area contributed by atoms with E-state index in [9.17, 15) is 24.6 Å². The number of phenols is 2. The maximum Gasteiger partial charge on any atom is 0.408 e. The number of phenolic OH excluding ortho intramolecular Hbond substituents is 2. The topological polar surface area (TPSA) is 128 Å². The third-order valence-corrected chi connectivity index (χ3v) is 6.54. The van der Waals surface area contributed by atoms with Gasteiger partial charge in [-0.25, -0.2) is 4.79 Å². The minimum Gasteiger partial charge on any atom is -0.508 e. The number of carbonyl (C=O) groups is 3. The van der Waals surface area contributed by atoms with E-state index in [4.69, 9.17) is 11.2 Å². The van der Waals surface area contributed by atoms with Crippen molar-refractivity contribution in [2.75, 3.05) is 5.32 Å². The zero-order valence-electron chi connectivity index (χ0n) is 24.7. The predicted molar refractivity (Wildman–Crippen MR) is 161 cm³/mol. The first-order chi connectivity index (χ1) is 19.7. The molecule has 0 aliphatic heterocycles. The number of nitrogens with zero attached hydrogens (tertiary/aromatic N) is 1. The summed E-state index contributed by atoms with van der Waals surface area (Å²) in [6.07, 6.45) is 5.01. The zero-order chi connectivity index (χ0) is 31.2. The number of amides is 3. The molecule has 0 saturated heterocycles. The molecule has 2 atom stereocenters. The predicted octanol–water partition coefficient (Wildman–Crippen LogP) is 5.26. The van der Waals surface area contributed by atoms with Gasteiger partial charge in [0, 0.05) is 23.7 Å². The molecule has 9 nitrogen and oxygen atoms in total. The van der Waals surface area contributed by atoms with Crippen LogP contribution in [0.15, 0.2) is 60.7 Å². The molecule has 0 spiro atoms. The molecule has 0 aliphatic carbocycles. The second kappa shape index (κ2) is 13.1. The first-order valence-corrected chi connectivity index (χ1v) is 13.4. The molecule has 220 valence electrons. The van der Waals surface area contributed by atoms with Crippen LogP contribution in [0.2, 0.25) is 0 Å². The quantitative estimate of drug-likeness (QED) is 0.216. The molecule has 4 N–H and O–H groups in total. The Bertz CT molecular complexity index is 1480. The third kappa shape index (κ3) is 7.82. The van der Waals surface area contributed by atoms with Crippen molar-refractivity contribution in [3.63, 3.8) is 0 Å². The highest BCUT2D eigenvalue weighted by molar-refractivity contribution is 6.01. The number of alkyl carbamates (subject to hydrolysis) is 1. The van der Waals surface area contributed by atoms with Crippen LogP contribution in [-0.4, -0.2) is 44.7 Å². The second-order valence-corrected chi connectivity index (χ2v) is 11.1. The van der Waals surface area contributed by atoms with E-state index in [0.29, 0.717) is 16.8 Å². The molecule has 0 fully saturated rings. The summed E-state index contributed by atoms with van der Waals surface area (Å²) in [5.41, 5.74) is 2.51. The third-order valence-electron chi connectivity index (χ3n) is 6.54. The maximum absolute atomic E-state index is 14.2. The fraction of sp³-hybridized carbons (Fsp3) is 0.303. The summed E-state index contributed by atoms with van der Waals surface area (Å²) in [5, 5.41) is 26.2. The summed E-state index contributed by atoms with van der Waals surface area (Å²) in [5.74, 6) is -1.59. The van der Waals surface area contributed by atoms with Crippen molar-refractivity contribution in [3.05, 3.63) is 88.5 Å². The number of rotatable bonds is 8.